The highest BCUT2D eigenvalue weighted by Crippen LogP contribution is 2.44. The van der Waals surface area contributed by atoms with Gasteiger partial charge in [-0.25, -0.2) is 4.39 Å². The van der Waals surface area contributed by atoms with E-state index in [1.165, 1.54) is 24.3 Å². The Balaban J connectivity index is 1.54. The highest BCUT2D eigenvalue weighted by Gasteiger charge is 2.53. The van der Waals surface area contributed by atoms with Gasteiger partial charge in [-0.1, -0.05) is 0 Å². The number of likely N-dealkylation sites (tertiary alicyclic amines) is 1. The van der Waals surface area contributed by atoms with E-state index in [-0.39, 0.29) is 11.7 Å². The Labute approximate surface area is 117 Å². The van der Waals surface area contributed by atoms with Gasteiger partial charge in [-0.3, -0.25) is 4.79 Å². The lowest BCUT2D eigenvalue weighted by Crippen LogP contribution is -2.66. The van der Waals surface area contributed by atoms with Crippen molar-refractivity contribution in [2.75, 3.05) is 13.1 Å². The van der Waals surface area contributed by atoms with Crippen molar-refractivity contribution in [1.82, 2.24) is 4.90 Å². The van der Waals surface area contributed by atoms with Gasteiger partial charge in [0.1, 0.15) is 17.2 Å². The number of amides is 1. The predicted molar refractivity (Wildman–Crippen MR) is 70.7 cm³/mol. The Bertz CT molecular complexity index is 506. The molecule has 2 aliphatic rings. The summed E-state index contributed by atoms with van der Waals surface area (Å²) in [7, 11) is 0. The van der Waals surface area contributed by atoms with Gasteiger partial charge in [0.15, 0.2) is 6.10 Å². The quantitative estimate of drug-likeness (QED) is 0.910. The number of β-amino-alcohol motifs (C(OH)–C–C–N with tert-alkyl or cyclic N) is 1. The maximum absolute atomic E-state index is 12.8. The molecule has 0 radical (unpaired) electrons. The highest BCUT2D eigenvalue weighted by molar-refractivity contribution is 5.82. The third-order valence-electron chi connectivity index (χ3n) is 4.05. The van der Waals surface area contributed by atoms with Gasteiger partial charge in [-0.05, 0) is 49.9 Å². The summed E-state index contributed by atoms with van der Waals surface area (Å²) in [5.74, 6) is 0.346. The summed E-state index contributed by atoms with van der Waals surface area (Å²) < 4.78 is 18.3. The molecule has 5 heteroatoms. The summed E-state index contributed by atoms with van der Waals surface area (Å²) in [6.07, 6.45) is 1.48. The Morgan fingerprint density at radius 3 is 2.55 bits per heavy atom. The molecule has 1 aromatic carbocycles. The van der Waals surface area contributed by atoms with Crippen LogP contribution in [0.1, 0.15) is 19.8 Å². The van der Waals surface area contributed by atoms with Crippen LogP contribution in [0.4, 0.5) is 4.39 Å². The first-order valence-electron chi connectivity index (χ1n) is 6.91. The second-order valence-electron chi connectivity index (χ2n) is 5.79. The molecule has 1 saturated carbocycles. The van der Waals surface area contributed by atoms with Gasteiger partial charge in [0.2, 0.25) is 0 Å². The van der Waals surface area contributed by atoms with Crippen LogP contribution in [0.2, 0.25) is 0 Å². The van der Waals surface area contributed by atoms with E-state index in [1.54, 1.807) is 11.8 Å². The largest absolute Gasteiger partial charge is 0.481 e. The van der Waals surface area contributed by atoms with Gasteiger partial charge in [0.05, 0.1) is 13.1 Å². The van der Waals surface area contributed by atoms with Crippen LogP contribution in [-0.2, 0) is 4.79 Å². The number of halogens is 1. The zero-order chi connectivity index (χ0) is 14.3. The fourth-order valence-corrected chi connectivity index (χ4v) is 2.67. The molecule has 20 heavy (non-hydrogen) atoms. The molecule has 1 unspecified atom stereocenters. The Morgan fingerprint density at radius 1 is 1.40 bits per heavy atom. The molecule has 0 bridgehead atoms. The number of aliphatic hydroxyl groups is 1. The minimum atomic E-state index is -0.675. The van der Waals surface area contributed by atoms with E-state index in [0.717, 1.165) is 12.8 Å². The molecule has 1 amide bonds. The molecule has 1 aliphatic carbocycles. The second kappa shape index (κ2) is 4.74. The first-order valence-corrected chi connectivity index (χ1v) is 6.91. The first-order chi connectivity index (χ1) is 9.48. The van der Waals surface area contributed by atoms with E-state index < -0.39 is 11.7 Å². The van der Waals surface area contributed by atoms with E-state index in [0.29, 0.717) is 24.8 Å². The van der Waals surface area contributed by atoms with Crippen LogP contribution in [0.15, 0.2) is 24.3 Å². The normalized spacial score (nSPS) is 22.1. The van der Waals surface area contributed by atoms with Gasteiger partial charge < -0.3 is 14.7 Å². The number of carbonyl (C=O) groups excluding carboxylic acids is 1. The van der Waals surface area contributed by atoms with Crippen molar-refractivity contribution < 1.29 is 19.0 Å². The molecular weight excluding hydrogens is 261 g/mol. The Kier molecular flexibility index (Phi) is 3.17. The standard InChI is InChI=1S/C15H18FNO3/c1-10(20-13-6-4-12(16)5-7-13)14(18)17-8-15(19,9-17)11-2-3-11/h4-7,10-11,19H,2-3,8-9H2,1H3. The van der Waals surface area contributed by atoms with E-state index in [1.807, 2.05) is 0 Å². The summed E-state index contributed by atoms with van der Waals surface area (Å²) in [6, 6.07) is 5.58. The maximum atomic E-state index is 12.8. The highest BCUT2D eigenvalue weighted by atomic mass is 19.1. The number of nitrogens with zero attached hydrogens (tertiary/aromatic N) is 1. The molecule has 0 spiro atoms. The summed E-state index contributed by atoms with van der Waals surface area (Å²) in [4.78, 5) is 13.8. The minimum absolute atomic E-state index is 0.139. The molecule has 1 atom stereocenters. The molecule has 108 valence electrons. The van der Waals surface area contributed by atoms with Gasteiger partial charge in [-0.15, -0.1) is 0 Å². The summed E-state index contributed by atoms with van der Waals surface area (Å²) in [5, 5.41) is 10.2. The number of hydrogen-bond donors (Lipinski definition) is 1. The third-order valence-corrected chi connectivity index (χ3v) is 4.05. The lowest BCUT2D eigenvalue weighted by atomic mass is 9.88. The number of hydrogen-bond acceptors (Lipinski definition) is 3. The molecular formula is C15H18FNO3. The molecule has 1 heterocycles. The lowest BCUT2D eigenvalue weighted by molar-refractivity contribution is -0.165. The molecule has 3 rings (SSSR count). The van der Waals surface area contributed by atoms with Gasteiger partial charge in [0.25, 0.3) is 5.91 Å². The predicted octanol–water partition coefficient (Wildman–Crippen LogP) is 1.58. The van der Waals surface area contributed by atoms with E-state index in [4.69, 9.17) is 4.74 Å². The van der Waals surface area contributed by atoms with E-state index in [2.05, 4.69) is 0 Å². The number of benzene rings is 1. The fraction of sp³-hybridized carbons (Fsp3) is 0.533. The minimum Gasteiger partial charge on any atom is -0.481 e. The van der Waals surface area contributed by atoms with Crippen LogP contribution < -0.4 is 4.74 Å². The van der Waals surface area contributed by atoms with Crippen LogP contribution in [0.5, 0.6) is 5.75 Å². The average Bonchev–Trinajstić information content (AvgIpc) is 3.21. The van der Waals surface area contributed by atoms with E-state index >= 15 is 0 Å². The second-order valence-corrected chi connectivity index (χ2v) is 5.79. The molecule has 1 aliphatic heterocycles. The van der Waals surface area contributed by atoms with Crippen LogP contribution >= 0.6 is 0 Å². The van der Waals surface area contributed by atoms with Crippen molar-refractivity contribution in [3.8, 4) is 5.75 Å². The maximum Gasteiger partial charge on any atom is 0.263 e. The zero-order valence-corrected chi connectivity index (χ0v) is 11.4. The molecule has 4 nitrogen and oxygen atoms in total. The van der Waals surface area contributed by atoms with Crippen molar-refractivity contribution in [2.24, 2.45) is 5.92 Å². The Hall–Kier alpha value is -1.62. The average molecular weight is 279 g/mol. The van der Waals surface area contributed by atoms with Crippen LogP contribution in [0, 0.1) is 11.7 Å². The summed E-state index contributed by atoms with van der Waals surface area (Å²) >= 11 is 0. The smallest absolute Gasteiger partial charge is 0.263 e. The summed E-state index contributed by atoms with van der Waals surface area (Å²) in [6.45, 7) is 2.46. The number of rotatable bonds is 4. The monoisotopic (exact) mass is 279 g/mol. The van der Waals surface area contributed by atoms with Crippen molar-refractivity contribution in [3.05, 3.63) is 30.1 Å². The molecule has 0 aromatic heterocycles. The van der Waals surface area contributed by atoms with Crippen molar-refractivity contribution in [1.29, 1.82) is 0 Å². The lowest BCUT2D eigenvalue weighted by Gasteiger charge is -2.47. The number of ether oxygens (including phenoxy) is 1. The first kappa shape index (κ1) is 13.4. The van der Waals surface area contributed by atoms with Crippen LogP contribution in [-0.4, -0.2) is 40.7 Å². The van der Waals surface area contributed by atoms with Crippen molar-refractivity contribution in [3.63, 3.8) is 0 Å². The Morgan fingerprint density at radius 2 is 2.00 bits per heavy atom. The third kappa shape index (κ3) is 2.50. The van der Waals surface area contributed by atoms with Gasteiger partial charge >= 0.3 is 0 Å². The van der Waals surface area contributed by atoms with Crippen LogP contribution in [0.3, 0.4) is 0 Å². The SMILES string of the molecule is CC(Oc1ccc(F)cc1)C(=O)N1CC(O)(C2CC2)C1. The molecule has 1 N–H and O–H groups in total. The molecule has 1 saturated heterocycles. The van der Waals surface area contributed by atoms with Crippen molar-refractivity contribution in [2.45, 2.75) is 31.5 Å². The van der Waals surface area contributed by atoms with Gasteiger partial charge in [0, 0.05) is 0 Å². The van der Waals surface area contributed by atoms with E-state index in [9.17, 15) is 14.3 Å². The molecule has 2 fully saturated rings. The molecule has 1 aromatic rings. The van der Waals surface area contributed by atoms with Gasteiger partial charge in [-0.2, -0.15) is 0 Å². The summed E-state index contributed by atoms with van der Waals surface area (Å²) in [5.41, 5.74) is -0.675. The zero-order valence-electron chi connectivity index (χ0n) is 11.4. The number of carbonyl (C=O) groups is 1. The van der Waals surface area contributed by atoms with Crippen molar-refractivity contribution >= 4 is 5.91 Å². The van der Waals surface area contributed by atoms with Crippen LogP contribution in [0.25, 0.3) is 0 Å². The topological polar surface area (TPSA) is 49.8 Å². The fourth-order valence-electron chi connectivity index (χ4n) is 2.67.